The smallest absolute Gasteiger partial charge is 0.269 e. The van der Waals surface area contributed by atoms with Crippen molar-refractivity contribution >= 4 is 31.0 Å². The minimum absolute atomic E-state index is 0.0433. The first-order valence-electron chi connectivity index (χ1n) is 10.4. The van der Waals surface area contributed by atoms with Gasteiger partial charge in [-0.25, -0.2) is 16.8 Å². The predicted octanol–water partition coefficient (Wildman–Crippen LogP) is 4.96. The Morgan fingerprint density at radius 1 is 0.459 bits per heavy atom. The van der Waals surface area contributed by atoms with Gasteiger partial charge in [-0.3, -0.25) is 20.2 Å². The first kappa shape index (κ1) is 25.5. The zero-order chi connectivity index (χ0) is 26.8. The lowest BCUT2D eigenvalue weighted by atomic mass is 10.3. The highest BCUT2D eigenvalue weighted by Crippen LogP contribution is 2.29. The predicted molar refractivity (Wildman–Crippen MR) is 130 cm³/mol. The molecule has 0 amide bonds. The van der Waals surface area contributed by atoms with Crippen LogP contribution in [0.25, 0.3) is 0 Å². The number of hydrogen-bond donors (Lipinski definition) is 0. The summed E-state index contributed by atoms with van der Waals surface area (Å²) in [7, 11) is -7.82. The highest BCUT2D eigenvalue weighted by Gasteiger charge is 2.20. The Kier molecular flexibility index (Phi) is 6.74. The molecule has 0 saturated carbocycles. The van der Waals surface area contributed by atoms with Crippen molar-refractivity contribution < 1.29 is 31.4 Å². The Hall–Kier alpha value is -4.62. The number of sulfone groups is 2. The molecule has 4 rings (SSSR count). The van der Waals surface area contributed by atoms with Gasteiger partial charge in [-0.05, 0) is 72.8 Å². The van der Waals surface area contributed by atoms with Crippen LogP contribution < -0.4 is 4.74 Å². The Morgan fingerprint density at radius 3 is 0.946 bits per heavy atom. The van der Waals surface area contributed by atoms with Gasteiger partial charge in [0, 0.05) is 24.3 Å². The van der Waals surface area contributed by atoms with Gasteiger partial charge < -0.3 is 4.74 Å². The molecule has 0 heterocycles. The molecule has 37 heavy (non-hydrogen) atoms. The van der Waals surface area contributed by atoms with Gasteiger partial charge in [0.2, 0.25) is 19.7 Å². The van der Waals surface area contributed by atoms with Gasteiger partial charge in [0.25, 0.3) is 11.4 Å². The third kappa shape index (κ3) is 5.32. The van der Waals surface area contributed by atoms with Crippen LogP contribution in [0.15, 0.2) is 117 Å². The summed E-state index contributed by atoms with van der Waals surface area (Å²) in [4.78, 5) is 20.0. The number of ether oxygens (including phenoxy) is 1. The fourth-order valence-electron chi connectivity index (χ4n) is 3.28. The minimum atomic E-state index is -3.91. The molecule has 11 nitrogen and oxygen atoms in total. The second-order valence-electron chi connectivity index (χ2n) is 7.55. The molecule has 4 aromatic rings. The lowest BCUT2D eigenvalue weighted by Gasteiger charge is -2.09. The van der Waals surface area contributed by atoms with Crippen molar-refractivity contribution in [3.8, 4) is 11.5 Å². The van der Waals surface area contributed by atoms with Gasteiger partial charge in [0.05, 0.1) is 29.4 Å². The van der Waals surface area contributed by atoms with Crippen molar-refractivity contribution in [3.05, 3.63) is 117 Å². The number of benzene rings is 4. The summed E-state index contributed by atoms with van der Waals surface area (Å²) in [5, 5.41) is 21.6. The van der Waals surface area contributed by atoms with E-state index in [4.69, 9.17) is 4.74 Å². The molecule has 0 radical (unpaired) electrons. The van der Waals surface area contributed by atoms with Crippen LogP contribution in [0.4, 0.5) is 11.4 Å². The fraction of sp³-hybridized carbons (Fsp3) is 0. The van der Waals surface area contributed by atoms with Crippen LogP contribution >= 0.6 is 0 Å². The molecular weight excluding hydrogens is 524 g/mol. The number of nitro benzene ring substituents is 2. The molecule has 0 spiro atoms. The zero-order valence-electron chi connectivity index (χ0n) is 18.6. The van der Waals surface area contributed by atoms with E-state index in [1.54, 1.807) is 0 Å². The van der Waals surface area contributed by atoms with Crippen molar-refractivity contribution in [3.63, 3.8) is 0 Å². The van der Waals surface area contributed by atoms with Crippen LogP contribution in [-0.2, 0) is 19.7 Å². The average Bonchev–Trinajstić information content (AvgIpc) is 2.89. The van der Waals surface area contributed by atoms with Gasteiger partial charge >= 0.3 is 0 Å². The largest absolute Gasteiger partial charge is 0.457 e. The number of nitrogens with zero attached hydrogens (tertiary/aromatic N) is 2. The lowest BCUT2D eigenvalue weighted by molar-refractivity contribution is -0.385. The molecule has 0 N–H and O–H groups in total. The maximum absolute atomic E-state index is 12.8. The molecule has 0 aliphatic rings. The molecule has 0 aliphatic carbocycles. The van der Waals surface area contributed by atoms with Crippen LogP contribution in [0.1, 0.15) is 0 Å². The summed E-state index contributed by atoms with van der Waals surface area (Å²) in [6, 6.07) is 20.0. The molecule has 13 heteroatoms. The highest BCUT2D eigenvalue weighted by molar-refractivity contribution is 7.91. The molecule has 0 bridgehead atoms. The van der Waals surface area contributed by atoms with E-state index in [1.165, 1.54) is 48.5 Å². The van der Waals surface area contributed by atoms with Gasteiger partial charge in [-0.1, -0.05) is 0 Å². The Balaban J connectivity index is 1.49. The van der Waals surface area contributed by atoms with Crippen molar-refractivity contribution in [2.24, 2.45) is 0 Å². The summed E-state index contributed by atoms with van der Waals surface area (Å²) < 4.78 is 56.8. The molecule has 0 fully saturated rings. The van der Waals surface area contributed by atoms with Crippen LogP contribution in [-0.4, -0.2) is 26.7 Å². The Labute approximate surface area is 210 Å². The van der Waals surface area contributed by atoms with E-state index in [2.05, 4.69) is 0 Å². The molecule has 0 atom stereocenters. The summed E-state index contributed by atoms with van der Waals surface area (Å²) >= 11 is 0. The monoisotopic (exact) mass is 540 g/mol. The molecule has 0 unspecified atom stereocenters. The first-order valence-corrected chi connectivity index (χ1v) is 13.3. The Morgan fingerprint density at radius 2 is 0.703 bits per heavy atom. The molecule has 0 aromatic heterocycles. The van der Waals surface area contributed by atoms with E-state index in [-0.39, 0.29) is 42.5 Å². The van der Waals surface area contributed by atoms with Gasteiger partial charge in [-0.2, -0.15) is 0 Å². The highest BCUT2D eigenvalue weighted by atomic mass is 32.2. The molecular formula is C24H16N2O9S2. The minimum Gasteiger partial charge on any atom is -0.457 e. The number of non-ortho nitro benzene ring substituents is 2. The maximum atomic E-state index is 12.8. The van der Waals surface area contributed by atoms with E-state index < -0.39 is 29.5 Å². The Bertz CT molecular complexity index is 1550. The average molecular weight is 541 g/mol. The van der Waals surface area contributed by atoms with Crippen LogP contribution in [0.3, 0.4) is 0 Å². The van der Waals surface area contributed by atoms with E-state index in [0.29, 0.717) is 0 Å². The van der Waals surface area contributed by atoms with E-state index in [0.717, 1.165) is 48.5 Å². The first-order chi connectivity index (χ1) is 17.5. The molecule has 188 valence electrons. The van der Waals surface area contributed by atoms with E-state index in [1.807, 2.05) is 0 Å². The quantitative estimate of drug-likeness (QED) is 0.222. The summed E-state index contributed by atoms with van der Waals surface area (Å²) in [6.07, 6.45) is 0. The fourth-order valence-corrected chi connectivity index (χ4v) is 5.80. The van der Waals surface area contributed by atoms with Gasteiger partial charge in [0.15, 0.2) is 0 Å². The number of hydrogen-bond acceptors (Lipinski definition) is 9. The maximum Gasteiger partial charge on any atom is 0.269 e. The van der Waals surface area contributed by atoms with Crippen molar-refractivity contribution in [1.29, 1.82) is 0 Å². The van der Waals surface area contributed by atoms with Crippen molar-refractivity contribution in [2.75, 3.05) is 0 Å². The summed E-state index contributed by atoms with van der Waals surface area (Å²) in [5.74, 6) is 0.572. The van der Waals surface area contributed by atoms with E-state index >= 15 is 0 Å². The third-order valence-electron chi connectivity index (χ3n) is 5.22. The standard InChI is InChI=1S/C24H16N2O9S2/c27-25(28)17-1-9-21(10-2-17)36(31,32)23-13-5-19(6-14-23)35-20-7-15-24(16-8-20)37(33,34)22-11-3-18(4-12-22)26(29)30/h1-16H. The van der Waals surface area contributed by atoms with Gasteiger partial charge in [-0.15, -0.1) is 0 Å². The van der Waals surface area contributed by atoms with Crippen LogP contribution in [0.5, 0.6) is 11.5 Å². The molecule has 4 aromatic carbocycles. The molecule has 0 saturated heterocycles. The number of rotatable bonds is 8. The van der Waals surface area contributed by atoms with Crippen LogP contribution in [0.2, 0.25) is 0 Å². The third-order valence-corrected chi connectivity index (χ3v) is 8.79. The topological polar surface area (TPSA) is 164 Å². The zero-order valence-corrected chi connectivity index (χ0v) is 20.3. The lowest BCUT2D eigenvalue weighted by Crippen LogP contribution is -2.02. The summed E-state index contributed by atoms with van der Waals surface area (Å²) in [6.45, 7) is 0. The van der Waals surface area contributed by atoms with E-state index in [9.17, 15) is 37.1 Å². The summed E-state index contributed by atoms with van der Waals surface area (Å²) in [5.41, 5.74) is -0.455. The van der Waals surface area contributed by atoms with Crippen LogP contribution in [0, 0.1) is 20.2 Å². The SMILES string of the molecule is O=[N+]([O-])c1ccc(S(=O)(=O)c2ccc(Oc3ccc(S(=O)(=O)c4ccc([N+](=O)[O-])cc4)cc3)cc2)cc1. The number of nitro groups is 2. The normalized spacial score (nSPS) is 11.6. The second kappa shape index (κ2) is 9.79. The van der Waals surface area contributed by atoms with Gasteiger partial charge in [0.1, 0.15) is 11.5 Å². The molecule has 0 aliphatic heterocycles. The second-order valence-corrected chi connectivity index (χ2v) is 11.5. The van der Waals surface area contributed by atoms with Crippen molar-refractivity contribution in [1.82, 2.24) is 0 Å². The van der Waals surface area contributed by atoms with Crippen molar-refractivity contribution in [2.45, 2.75) is 19.6 Å².